The van der Waals surface area contributed by atoms with Gasteiger partial charge in [-0.2, -0.15) is 0 Å². The lowest BCUT2D eigenvalue weighted by Gasteiger charge is -2.29. The molecule has 0 aliphatic heterocycles. The zero-order valence-corrected chi connectivity index (χ0v) is 12.0. The number of amides is 1. The molecule has 4 nitrogen and oxygen atoms in total. The molecular formula is C16H21N3O. The second-order valence-electron chi connectivity index (χ2n) is 5.32. The highest BCUT2D eigenvalue weighted by molar-refractivity contribution is 5.98. The average Bonchev–Trinajstić information content (AvgIpc) is 2.47. The molecule has 0 spiro atoms. The third kappa shape index (κ3) is 3.14. The zero-order valence-electron chi connectivity index (χ0n) is 12.0. The van der Waals surface area contributed by atoms with Crippen LogP contribution in [0.5, 0.6) is 0 Å². The number of fused-ring (bicyclic) bond motifs is 1. The molecule has 2 aromatic rings. The van der Waals surface area contributed by atoms with Gasteiger partial charge in [0, 0.05) is 22.7 Å². The van der Waals surface area contributed by atoms with E-state index in [1.54, 1.807) is 6.20 Å². The number of benzene rings is 1. The molecule has 1 aromatic carbocycles. The van der Waals surface area contributed by atoms with Gasteiger partial charge in [0.2, 0.25) is 0 Å². The van der Waals surface area contributed by atoms with Crippen molar-refractivity contribution >= 4 is 16.8 Å². The van der Waals surface area contributed by atoms with E-state index in [0.29, 0.717) is 12.1 Å². The lowest BCUT2D eigenvalue weighted by atomic mass is 9.94. The molecule has 0 bridgehead atoms. The van der Waals surface area contributed by atoms with Crippen molar-refractivity contribution in [2.75, 3.05) is 6.54 Å². The van der Waals surface area contributed by atoms with Crippen molar-refractivity contribution in [1.29, 1.82) is 0 Å². The molecule has 1 heterocycles. The molecule has 1 atom stereocenters. The van der Waals surface area contributed by atoms with E-state index >= 15 is 0 Å². The van der Waals surface area contributed by atoms with Crippen molar-refractivity contribution in [1.82, 2.24) is 10.3 Å². The van der Waals surface area contributed by atoms with Crippen LogP contribution in [0.25, 0.3) is 10.9 Å². The molecule has 20 heavy (non-hydrogen) atoms. The summed E-state index contributed by atoms with van der Waals surface area (Å²) in [4.78, 5) is 16.6. The van der Waals surface area contributed by atoms with Crippen LogP contribution in [0.3, 0.4) is 0 Å². The first kappa shape index (κ1) is 14.5. The van der Waals surface area contributed by atoms with Crippen LogP contribution in [-0.4, -0.2) is 23.0 Å². The molecule has 4 heteroatoms. The van der Waals surface area contributed by atoms with Gasteiger partial charge in [0.05, 0.1) is 5.52 Å². The molecule has 1 amide bonds. The standard InChI is InChI=1S/C16H21N3O/c1-3-16(2,8-9-17)19-15(20)13-6-7-14-12(11-13)5-4-10-18-14/h4-7,10-11H,3,8-9,17H2,1-2H3,(H,19,20). The van der Waals surface area contributed by atoms with Gasteiger partial charge < -0.3 is 11.1 Å². The number of aromatic nitrogens is 1. The second-order valence-corrected chi connectivity index (χ2v) is 5.32. The Hall–Kier alpha value is -1.94. The maximum Gasteiger partial charge on any atom is 0.251 e. The largest absolute Gasteiger partial charge is 0.347 e. The summed E-state index contributed by atoms with van der Waals surface area (Å²) in [5.41, 5.74) is 6.91. The SMILES string of the molecule is CCC(C)(CCN)NC(=O)c1ccc2ncccc2c1. The van der Waals surface area contributed by atoms with Crippen molar-refractivity contribution in [3.05, 3.63) is 42.1 Å². The average molecular weight is 271 g/mol. The Morgan fingerprint density at radius 2 is 2.20 bits per heavy atom. The summed E-state index contributed by atoms with van der Waals surface area (Å²) >= 11 is 0. The summed E-state index contributed by atoms with van der Waals surface area (Å²) in [6, 6.07) is 9.38. The smallest absolute Gasteiger partial charge is 0.251 e. The van der Waals surface area contributed by atoms with Crippen LogP contribution in [0.4, 0.5) is 0 Å². The maximum atomic E-state index is 12.4. The van der Waals surface area contributed by atoms with Crippen molar-refractivity contribution in [2.45, 2.75) is 32.2 Å². The van der Waals surface area contributed by atoms with E-state index in [1.807, 2.05) is 37.3 Å². The minimum Gasteiger partial charge on any atom is -0.347 e. The lowest BCUT2D eigenvalue weighted by Crippen LogP contribution is -2.46. The van der Waals surface area contributed by atoms with Gasteiger partial charge in [-0.15, -0.1) is 0 Å². The van der Waals surface area contributed by atoms with E-state index in [2.05, 4.69) is 17.2 Å². The molecule has 0 aliphatic rings. The quantitative estimate of drug-likeness (QED) is 0.878. The van der Waals surface area contributed by atoms with Gasteiger partial charge in [-0.1, -0.05) is 13.0 Å². The van der Waals surface area contributed by atoms with Gasteiger partial charge in [-0.25, -0.2) is 0 Å². The van der Waals surface area contributed by atoms with Crippen LogP contribution >= 0.6 is 0 Å². The predicted molar refractivity (Wildman–Crippen MR) is 81.6 cm³/mol. The Bertz CT molecular complexity index is 611. The van der Waals surface area contributed by atoms with Gasteiger partial charge in [-0.3, -0.25) is 9.78 Å². The topological polar surface area (TPSA) is 68.0 Å². The van der Waals surface area contributed by atoms with Gasteiger partial charge in [0.15, 0.2) is 0 Å². The number of rotatable bonds is 5. The van der Waals surface area contributed by atoms with Crippen LogP contribution in [0.1, 0.15) is 37.0 Å². The summed E-state index contributed by atoms with van der Waals surface area (Å²) in [7, 11) is 0. The molecule has 0 saturated heterocycles. The van der Waals surface area contributed by atoms with Crippen LogP contribution in [0.15, 0.2) is 36.5 Å². The Kier molecular flexibility index (Phi) is 4.35. The molecule has 1 unspecified atom stereocenters. The van der Waals surface area contributed by atoms with E-state index in [9.17, 15) is 4.79 Å². The van der Waals surface area contributed by atoms with E-state index in [0.717, 1.165) is 23.7 Å². The summed E-state index contributed by atoms with van der Waals surface area (Å²) in [6.45, 7) is 4.65. The predicted octanol–water partition coefficient (Wildman–Crippen LogP) is 2.48. The number of hydrogen-bond donors (Lipinski definition) is 2. The van der Waals surface area contributed by atoms with E-state index in [-0.39, 0.29) is 11.4 Å². The van der Waals surface area contributed by atoms with E-state index in [4.69, 9.17) is 5.73 Å². The number of nitrogens with zero attached hydrogens (tertiary/aromatic N) is 1. The normalized spacial score (nSPS) is 13.9. The minimum atomic E-state index is -0.254. The van der Waals surface area contributed by atoms with E-state index in [1.165, 1.54) is 0 Å². The highest BCUT2D eigenvalue weighted by Gasteiger charge is 2.23. The Morgan fingerprint density at radius 3 is 2.90 bits per heavy atom. The maximum absolute atomic E-state index is 12.4. The van der Waals surface area contributed by atoms with Crippen molar-refractivity contribution in [3.63, 3.8) is 0 Å². The fourth-order valence-corrected chi connectivity index (χ4v) is 2.21. The van der Waals surface area contributed by atoms with Crippen molar-refractivity contribution in [3.8, 4) is 0 Å². The molecule has 3 N–H and O–H groups in total. The summed E-state index contributed by atoms with van der Waals surface area (Å²) in [5, 5.41) is 4.06. The fraction of sp³-hybridized carbons (Fsp3) is 0.375. The lowest BCUT2D eigenvalue weighted by molar-refractivity contribution is 0.0900. The summed E-state index contributed by atoms with van der Waals surface area (Å²) in [6.07, 6.45) is 3.37. The number of nitrogens with two attached hydrogens (primary N) is 1. The summed E-state index contributed by atoms with van der Waals surface area (Å²) in [5.74, 6) is -0.0615. The van der Waals surface area contributed by atoms with Crippen molar-refractivity contribution in [2.24, 2.45) is 5.73 Å². The number of carbonyl (C=O) groups is 1. The van der Waals surface area contributed by atoms with Crippen LogP contribution in [0.2, 0.25) is 0 Å². The molecule has 0 aliphatic carbocycles. The van der Waals surface area contributed by atoms with Crippen LogP contribution in [-0.2, 0) is 0 Å². The third-order valence-corrected chi connectivity index (χ3v) is 3.76. The second kappa shape index (κ2) is 6.01. The number of hydrogen-bond acceptors (Lipinski definition) is 3. The number of nitrogens with one attached hydrogen (secondary N) is 1. The Balaban J connectivity index is 2.22. The van der Waals surface area contributed by atoms with E-state index < -0.39 is 0 Å². The molecule has 0 saturated carbocycles. The molecular weight excluding hydrogens is 250 g/mol. The van der Waals surface area contributed by atoms with Gasteiger partial charge in [0.25, 0.3) is 5.91 Å². The first-order valence-corrected chi connectivity index (χ1v) is 6.95. The van der Waals surface area contributed by atoms with Gasteiger partial charge in [0.1, 0.15) is 0 Å². The zero-order chi connectivity index (χ0) is 14.6. The Labute approximate surface area is 119 Å². The molecule has 2 rings (SSSR count). The van der Waals surface area contributed by atoms with Gasteiger partial charge in [-0.05, 0) is 50.6 Å². The molecule has 0 radical (unpaired) electrons. The fourth-order valence-electron chi connectivity index (χ4n) is 2.21. The number of pyridine rings is 1. The molecule has 1 aromatic heterocycles. The first-order valence-electron chi connectivity index (χ1n) is 6.95. The Morgan fingerprint density at radius 1 is 1.40 bits per heavy atom. The number of carbonyl (C=O) groups excluding carboxylic acids is 1. The summed E-state index contributed by atoms with van der Waals surface area (Å²) < 4.78 is 0. The highest BCUT2D eigenvalue weighted by atomic mass is 16.1. The highest BCUT2D eigenvalue weighted by Crippen LogP contribution is 2.17. The first-order chi connectivity index (χ1) is 9.58. The van der Waals surface area contributed by atoms with Crippen LogP contribution in [0, 0.1) is 0 Å². The third-order valence-electron chi connectivity index (χ3n) is 3.76. The molecule has 106 valence electrons. The monoisotopic (exact) mass is 271 g/mol. The van der Waals surface area contributed by atoms with Crippen molar-refractivity contribution < 1.29 is 4.79 Å². The van der Waals surface area contributed by atoms with Gasteiger partial charge >= 0.3 is 0 Å². The minimum absolute atomic E-state index is 0.0615. The molecule has 0 fully saturated rings. The van der Waals surface area contributed by atoms with Crippen LogP contribution < -0.4 is 11.1 Å².